The standard InChI is InChI=1S/C19H31O8P.Na.H/c1-14-15(17(21)19(26-3)18(25-2)16(14)20)12-10-8-6-4-5-7-9-11-13-27-28(22,23)24;;/h4-13H2,1-3H3,(H2,22,23,24);;. The first-order valence-electron chi connectivity index (χ1n) is 9.54. The van der Waals surface area contributed by atoms with Gasteiger partial charge >= 0.3 is 37.4 Å². The molecule has 0 bridgehead atoms. The van der Waals surface area contributed by atoms with Crippen molar-refractivity contribution in [2.45, 2.75) is 64.7 Å². The molecule has 0 amide bonds. The van der Waals surface area contributed by atoms with E-state index in [2.05, 4.69) is 4.52 Å². The molecular formula is C19H32NaO8P. The Morgan fingerprint density at radius 1 is 0.793 bits per heavy atom. The van der Waals surface area contributed by atoms with Gasteiger partial charge in [-0.2, -0.15) is 0 Å². The van der Waals surface area contributed by atoms with Gasteiger partial charge in [-0.25, -0.2) is 4.57 Å². The predicted molar refractivity (Wildman–Crippen MR) is 110 cm³/mol. The molecule has 10 heteroatoms. The zero-order chi connectivity index (χ0) is 21.2. The van der Waals surface area contributed by atoms with Crippen LogP contribution in [0.5, 0.6) is 0 Å². The van der Waals surface area contributed by atoms with Crippen LogP contribution in [0.3, 0.4) is 0 Å². The van der Waals surface area contributed by atoms with Crippen molar-refractivity contribution in [3.8, 4) is 0 Å². The molecule has 29 heavy (non-hydrogen) atoms. The maximum atomic E-state index is 12.5. The number of ether oxygens (including phenoxy) is 2. The number of ketones is 2. The Morgan fingerprint density at radius 2 is 1.24 bits per heavy atom. The van der Waals surface area contributed by atoms with Crippen LogP contribution in [0.2, 0.25) is 0 Å². The molecule has 0 fully saturated rings. The SMILES string of the molecule is COC1=C(OC)C(=O)C(CCCCCCCCCCOP(=O)(O)O)=C(C)C1=O.[NaH]. The minimum absolute atomic E-state index is 0. The van der Waals surface area contributed by atoms with Gasteiger partial charge in [0.15, 0.2) is 0 Å². The van der Waals surface area contributed by atoms with Crippen molar-refractivity contribution < 1.29 is 37.9 Å². The number of phosphoric ester groups is 1. The van der Waals surface area contributed by atoms with E-state index < -0.39 is 7.82 Å². The van der Waals surface area contributed by atoms with Gasteiger partial charge in [-0.3, -0.25) is 14.1 Å². The molecule has 1 aliphatic rings. The van der Waals surface area contributed by atoms with Crippen LogP contribution >= 0.6 is 7.82 Å². The molecule has 0 saturated carbocycles. The third kappa shape index (κ3) is 9.92. The van der Waals surface area contributed by atoms with E-state index in [1.807, 2.05) is 0 Å². The van der Waals surface area contributed by atoms with Gasteiger partial charge in [0.25, 0.3) is 0 Å². The zero-order valence-electron chi connectivity index (χ0n) is 16.9. The van der Waals surface area contributed by atoms with Gasteiger partial charge in [0, 0.05) is 11.1 Å². The van der Waals surface area contributed by atoms with Crippen LogP contribution in [0.4, 0.5) is 0 Å². The Labute approximate surface area is 194 Å². The van der Waals surface area contributed by atoms with Gasteiger partial charge in [-0.15, -0.1) is 0 Å². The average Bonchev–Trinajstić information content (AvgIpc) is 2.63. The van der Waals surface area contributed by atoms with E-state index in [-0.39, 0.29) is 59.2 Å². The minimum atomic E-state index is -4.34. The average molecular weight is 442 g/mol. The molecule has 2 N–H and O–H groups in total. The second kappa shape index (κ2) is 14.5. The van der Waals surface area contributed by atoms with Gasteiger partial charge in [-0.05, 0) is 26.2 Å². The Balaban J connectivity index is 0.00000784. The maximum absolute atomic E-state index is 12.5. The molecule has 1 rings (SSSR count). The molecule has 1 aliphatic carbocycles. The van der Waals surface area contributed by atoms with Gasteiger partial charge in [0.2, 0.25) is 23.1 Å². The summed E-state index contributed by atoms with van der Waals surface area (Å²) in [5, 5.41) is 0. The van der Waals surface area contributed by atoms with Crippen LogP contribution in [0, 0.1) is 0 Å². The Hall–Kier alpha value is -0.470. The monoisotopic (exact) mass is 442 g/mol. The van der Waals surface area contributed by atoms with Crippen molar-refractivity contribution in [1.29, 1.82) is 0 Å². The molecule has 0 saturated heterocycles. The summed E-state index contributed by atoms with van der Waals surface area (Å²) in [5.41, 5.74) is 0.938. The van der Waals surface area contributed by atoms with E-state index in [4.69, 9.17) is 19.3 Å². The number of methoxy groups -OCH3 is 2. The fourth-order valence-electron chi connectivity index (χ4n) is 3.14. The molecule has 8 nitrogen and oxygen atoms in total. The van der Waals surface area contributed by atoms with Crippen molar-refractivity contribution in [3.05, 3.63) is 22.7 Å². The van der Waals surface area contributed by atoms with Crippen molar-refractivity contribution in [2.24, 2.45) is 0 Å². The van der Waals surface area contributed by atoms with Gasteiger partial charge < -0.3 is 19.3 Å². The summed E-state index contributed by atoms with van der Waals surface area (Å²) >= 11 is 0. The number of carbonyl (C=O) groups is 2. The summed E-state index contributed by atoms with van der Waals surface area (Å²) in [4.78, 5) is 41.9. The number of carbonyl (C=O) groups excluding carboxylic acids is 2. The molecule has 0 aromatic heterocycles. The van der Waals surface area contributed by atoms with Crippen LogP contribution in [0.15, 0.2) is 22.7 Å². The predicted octanol–water partition coefficient (Wildman–Crippen LogP) is 2.93. The number of Topliss-reactive ketones (excluding diaryl/α,β-unsaturated/α-hetero) is 2. The molecule has 0 radical (unpaired) electrons. The molecule has 0 unspecified atom stereocenters. The number of hydrogen-bond donors (Lipinski definition) is 2. The summed E-state index contributed by atoms with van der Waals surface area (Å²) in [7, 11) is -1.64. The van der Waals surface area contributed by atoms with E-state index in [1.165, 1.54) is 14.2 Å². The summed E-state index contributed by atoms with van der Waals surface area (Å²) < 4.78 is 25.0. The van der Waals surface area contributed by atoms with E-state index in [1.54, 1.807) is 6.92 Å². The normalized spacial score (nSPS) is 14.9. The summed E-state index contributed by atoms with van der Waals surface area (Å²) in [5.74, 6) is -0.610. The van der Waals surface area contributed by atoms with E-state index in [9.17, 15) is 14.2 Å². The number of phosphoric acid groups is 1. The first-order valence-corrected chi connectivity index (χ1v) is 11.1. The van der Waals surface area contributed by atoms with Crippen LogP contribution < -0.4 is 0 Å². The molecule has 0 aromatic carbocycles. The number of allylic oxidation sites excluding steroid dienone is 2. The van der Waals surface area contributed by atoms with Crippen LogP contribution in [-0.2, 0) is 28.2 Å². The molecule has 0 heterocycles. The van der Waals surface area contributed by atoms with Gasteiger partial charge in [0.05, 0.1) is 20.8 Å². The summed E-state index contributed by atoms with van der Waals surface area (Å²) in [6.07, 6.45) is 7.95. The van der Waals surface area contributed by atoms with Gasteiger partial charge in [-0.1, -0.05) is 38.5 Å². The molecule has 0 aromatic rings. The van der Waals surface area contributed by atoms with Crippen molar-refractivity contribution in [1.82, 2.24) is 0 Å². The van der Waals surface area contributed by atoms with Crippen LogP contribution in [0.1, 0.15) is 64.7 Å². The van der Waals surface area contributed by atoms with E-state index in [0.29, 0.717) is 24.0 Å². The zero-order valence-corrected chi connectivity index (χ0v) is 17.8. The van der Waals surface area contributed by atoms with Crippen molar-refractivity contribution >= 4 is 48.9 Å². The van der Waals surface area contributed by atoms with Crippen LogP contribution in [-0.4, -0.2) is 71.7 Å². The molecule has 0 aliphatic heterocycles. The molecule has 0 atom stereocenters. The molecular weight excluding hydrogens is 410 g/mol. The first kappa shape index (κ1) is 28.5. The second-order valence-electron chi connectivity index (χ2n) is 6.73. The number of hydrogen-bond acceptors (Lipinski definition) is 6. The molecule has 162 valence electrons. The number of rotatable bonds is 14. The fraction of sp³-hybridized carbons (Fsp3) is 0.684. The topological polar surface area (TPSA) is 119 Å². The quantitative estimate of drug-likeness (QED) is 0.182. The fourth-order valence-corrected chi connectivity index (χ4v) is 3.51. The Bertz CT molecular complexity index is 665. The summed E-state index contributed by atoms with van der Waals surface area (Å²) in [6, 6.07) is 0. The first-order chi connectivity index (χ1) is 13.2. The second-order valence-corrected chi connectivity index (χ2v) is 7.97. The third-order valence-electron chi connectivity index (χ3n) is 4.67. The van der Waals surface area contributed by atoms with Crippen molar-refractivity contribution in [3.63, 3.8) is 0 Å². The third-order valence-corrected chi connectivity index (χ3v) is 5.19. The summed E-state index contributed by atoms with van der Waals surface area (Å²) in [6.45, 7) is 1.73. The van der Waals surface area contributed by atoms with E-state index >= 15 is 0 Å². The molecule has 0 spiro atoms. The van der Waals surface area contributed by atoms with E-state index in [0.717, 1.165) is 44.9 Å². The Morgan fingerprint density at radius 3 is 1.72 bits per heavy atom. The Kier molecular flexibility index (Phi) is 14.3. The van der Waals surface area contributed by atoms with Gasteiger partial charge in [0.1, 0.15) is 0 Å². The van der Waals surface area contributed by atoms with Crippen LogP contribution in [0.25, 0.3) is 0 Å². The number of unbranched alkanes of at least 4 members (excludes halogenated alkanes) is 7. The van der Waals surface area contributed by atoms with Crippen molar-refractivity contribution in [2.75, 3.05) is 20.8 Å².